The number of hydrogen-bond acceptors (Lipinski definition) is 3. The van der Waals surface area contributed by atoms with E-state index in [0.717, 1.165) is 25.3 Å². The minimum absolute atomic E-state index is 0.0125. The summed E-state index contributed by atoms with van der Waals surface area (Å²) >= 11 is 0. The Balaban J connectivity index is 2.03. The maximum Gasteiger partial charge on any atom is 0.251 e. The molecule has 0 bridgehead atoms. The largest absolute Gasteiger partial charge is 0.478 e. The molecule has 23 heavy (non-hydrogen) atoms. The molecule has 4 nitrogen and oxygen atoms in total. The maximum atomic E-state index is 13.9. The quantitative estimate of drug-likeness (QED) is 0.820. The predicted octanol–water partition coefficient (Wildman–Crippen LogP) is 2.65. The Hall–Kier alpha value is -2.06. The molecule has 0 radical (unpaired) electrons. The van der Waals surface area contributed by atoms with Gasteiger partial charge in [-0.1, -0.05) is 25.2 Å². The van der Waals surface area contributed by atoms with E-state index in [2.05, 4.69) is 11.2 Å². The van der Waals surface area contributed by atoms with Crippen LogP contribution in [0.2, 0.25) is 0 Å². The molecule has 1 unspecified atom stereocenters. The van der Waals surface area contributed by atoms with Gasteiger partial charge >= 0.3 is 0 Å². The molecular formula is C18H22FNO3. The van der Waals surface area contributed by atoms with Gasteiger partial charge in [0, 0.05) is 5.56 Å². The van der Waals surface area contributed by atoms with Gasteiger partial charge in [-0.3, -0.25) is 4.79 Å². The molecule has 0 heterocycles. The predicted molar refractivity (Wildman–Crippen MR) is 85.7 cm³/mol. The number of amides is 1. The molecule has 1 saturated carbocycles. The third kappa shape index (κ3) is 4.23. The van der Waals surface area contributed by atoms with Crippen LogP contribution in [-0.2, 0) is 0 Å². The monoisotopic (exact) mass is 319 g/mol. The van der Waals surface area contributed by atoms with Gasteiger partial charge in [-0.2, -0.15) is 0 Å². The molecule has 1 aliphatic carbocycles. The van der Waals surface area contributed by atoms with Crippen LogP contribution in [0.3, 0.4) is 0 Å². The number of halogens is 1. The van der Waals surface area contributed by atoms with E-state index in [1.165, 1.54) is 12.1 Å². The van der Waals surface area contributed by atoms with Gasteiger partial charge < -0.3 is 15.2 Å². The second-order valence-corrected chi connectivity index (χ2v) is 6.00. The summed E-state index contributed by atoms with van der Waals surface area (Å²) in [6.07, 6.45) is 9.40. The van der Waals surface area contributed by atoms with Gasteiger partial charge in [0.05, 0.1) is 11.6 Å². The molecule has 0 aromatic heterocycles. The Kier molecular flexibility index (Phi) is 5.62. The molecule has 124 valence electrons. The normalized spacial score (nSPS) is 17.8. The van der Waals surface area contributed by atoms with Gasteiger partial charge in [0.2, 0.25) is 0 Å². The van der Waals surface area contributed by atoms with Crippen molar-refractivity contribution < 1.29 is 19.0 Å². The highest BCUT2D eigenvalue weighted by atomic mass is 19.1. The van der Waals surface area contributed by atoms with E-state index < -0.39 is 23.4 Å². The van der Waals surface area contributed by atoms with Gasteiger partial charge in [-0.25, -0.2) is 4.39 Å². The van der Waals surface area contributed by atoms with Crippen LogP contribution in [0.5, 0.6) is 5.75 Å². The number of carbonyl (C=O) groups is 1. The molecule has 1 amide bonds. The first-order valence-corrected chi connectivity index (χ1v) is 7.85. The van der Waals surface area contributed by atoms with E-state index >= 15 is 0 Å². The Labute approximate surface area is 136 Å². The number of terminal acetylenes is 1. The van der Waals surface area contributed by atoms with E-state index in [4.69, 9.17) is 11.2 Å². The van der Waals surface area contributed by atoms with Crippen LogP contribution >= 0.6 is 0 Å². The van der Waals surface area contributed by atoms with Crippen molar-refractivity contribution in [1.29, 1.82) is 0 Å². The highest BCUT2D eigenvalue weighted by molar-refractivity contribution is 5.94. The summed E-state index contributed by atoms with van der Waals surface area (Å²) in [7, 11) is 0. The van der Waals surface area contributed by atoms with Gasteiger partial charge in [-0.15, -0.1) is 6.42 Å². The SMILES string of the molecule is C#CCOc1ccc(C(=O)NC(C)C2(O)CCCCC2)cc1F. The van der Waals surface area contributed by atoms with Crippen molar-refractivity contribution in [3.05, 3.63) is 29.6 Å². The average molecular weight is 319 g/mol. The highest BCUT2D eigenvalue weighted by Gasteiger charge is 2.36. The van der Waals surface area contributed by atoms with Crippen molar-refractivity contribution in [2.75, 3.05) is 6.61 Å². The molecule has 1 aromatic rings. The first-order chi connectivity index (χ1) is 11.0. The Morgan fingerprint density at radius 2 is 2.17 bits per heavy atom. The molecule has 0 spiro atoms. The number of ether oxygens (including phenoxy) is 1. The molecule has 2 rings (SSSR count). The molecule has 1 atom stereocenters. The number of rotatable bonds is 5. The van der Waals surface area contributed by atoms with Crippen molar-refractivity contribution in [3.63, 3.8) is 0 Å². The third-order valence-corrected chi connectivity index (χ3v) is 4.38. The van der Waals surface area contributed by atoms with Crippen LogP contribution < -0.4 is 10.1 Å². The number of nitrogens with one attached hydrogen (secondary N) is 1. The molecule has 1 aromatic carbocycles. The maximum absolute atomic E-state index is 13.9. The van der Waals surface area contributed by atoms with Gasteiger partial charge in [0.1, 0.15) is 6.61 Å². The Morgan fingerprint density at radius 1 is 1.48 bits per heavy atom. The van der Waals surface area contributed by atoms with Crippen molar-refractivity contribution in [3.8, 4) is 18.1 Å². The van der Waals surface area contributed by atoms with Gasteiger partial charge in [0.25, 0.3) is 5.91 Å². The lowest BCUT2D eigenvalue weighted by atomic mass is 9.80. The molecule has 5 heteroatoms. The van der Waals surface area contributed by atoms with Gasteiger partial charge in [0.15, 0.2) is 11.6 Å². The first-order valence-electron chi connectivity index (χ1n) is 7.85. The zero-order valence-corrected chi connectivity index (χ0v) is 13.3. The summed E-state index contributed by atoms with van der Waals surface area (Å²) in [5, 5.41) is 13.4. The minimum atomic E-state index is -0.887. The van der Waals surface area contributed by atoms with Crippen LogP contribution in [0.4, 0.5) is 4.39 Å². The van der Waals surface area contributed by atoms with Crippen LogP contribution in [0.1, 0.15) is 49.4 Å². The molecule has 0 aliphatic heterocycles. The zero-order chi connectivity index (χ0) is 16.9. The summed E-state index contributed by atoms with van der Waals surface area (Å²) in [6, 6.07) is 3.57. The van der Waals surface area contributed by atoms with Crippen molar-refractivity contribution in [1.82, 2.24) is 5.32 Å². The van der Waals surface area contributed by atoms with Crippen LogP contribution in [0.15, 0.2) is 18.2 Å². The second-order valence-electron chi connectivity index (χ2n) is 6.00. The lowest BCUT2D eigenvalue weighted by molar-refractivity contribution is -0.0235. The van der Waals surface area contributed by atoms with Crippen LogP contribution in [0.25, 0.3) is 0 Å². The summed E-state index contributed by atoms with van der Waals surface area (Å²) in [5.41, 5.74) is -0.704. The first kappa shape index (κ1) is 17.3. The third-order valence-electron chi connectivity index (χ3n) is 4.38. The van der Waals surface area contributed by atoms with Crippen molar-refractivity contribution in [2.24, 2.45) is 0 Å². The van der Waals surface area contributed by atoms with Crippen LogP contribution in [0, 0.1) is 18.2 Å². The van der Waals surface area contributed by atoms with Crippen molar-refractivity contribution in [2.45, 2.75) is 50.7 Å². The highest BCUT2D eigenvalue weighted by Crippen LogP contribution is 2.31. The number of benzene rings is 1. The summed E-state index contributed by atoms with van der Waals surface area (Å²) in [4.78, 5) is 12.3. The van der Waals surface area contributed by atoms with E-state index in [0.29, 0.717) is 12.8 Å². The standard InChI is InChI=1S/C18H22FNO3/c1-3-11-23-16-8-7-14(12-15(16)19)17(21)20-13(2)18(22)9-5-4-6-10-18/h1,7-8,12-13,22H,4-6,9-11H2,2H3,(H,20,21). The Bertz CT molecular complexity index is 603. The van der Waals surface area contributed by atoms with Gasteiger partial charge in [-0.05, 0) is 38.0 Å². The summed E-state index contributed by atoms with van der Waals surface area (Å²) in [6.45, 7) is 1.75. The fourth-order valence-corrected chi connectivity index (χ4v) is 2.89. The summed E-state index contributed by atoms with van der Waals surface area (Å²) in [5.74, 6) is 1.20. The minimum Gasteiger partial charge on any atom is -0.478 e. The fourth-order valence-electron chi connectivity index (χ4n) is 2.89. The average Bonchev–Trinajstić information content (AvgIpc) is 2.54. The van der Waals surface area contributed by atoms with E-state index in [1.807, 2.05) is 0 Å². The lowest BCUT2D eigenvalue weighted by Gasteiger charge is -2.37. The Morgan fingerprint density at radius 3 is 2.78 bits per heavy atom. The lowest BCUT2D eigenvalue weighted by Crippen LogP contribution is -2.52. The van der Waals surface area contributed by atoms with Crippen molar-refractivity contribution >= 4 is 5.91 Å². The fraction of sp³-hybridized carbons (Fsp3) is 0.500. The topological polar surface area (TPSA) is 58.6 Å². The molecule has 2 N–H and O–H groups in total. The van der Waals surface area contributed by atoms with E-state index in [-0.39, 0.29) is 17.9 Å². The molecular weight excluding hydrogens is 297 g/mol. The van der Waals surface area contributed by atoms with E-state index in [1.54, 1.807) is 6.92 Å². The summed E-state index contributed by atoms with van der Waals surface area (Å²) < 4.78 is 18.9. The second kappa shape index (κ2) is 7.47. The molecule has 1 fully saturated rings. The van der Waals surface area contributed by atoms with Crippen LogP contribution in [-0.4, -0.2) is 29.3 Å². The molecule has 0 saturated heterocycles. The van der Waals surface area contributed by atoms with E-state index in [9.17, 15) is 14.3 Å². The smallest absolute Gasteiger partial charge is 0.251 e. The number of aliphatic hydroxyl groups is 1. The number of carbonyl (C=O) groups excluding carboxylic acids is 1. The number of hydrogen-bond donors (Lipinski definition) is 2. The zero-order valence-electron chi connectivity index (χ0n) is 13.3. The molecule has 1 aliphatic rings.